The van der Waals surface area contributed by atoms with E-state index >= 15 is 0 Å². The van der Waals surface area contributed by atoms with E-state index in [1.54, 1.807) is 24.0 Å². The quantitative estimate of drug-likeness (QED) is 0.611. The molecule has 10 heteroatoms. The Morgan fingerprint density at radius 2 is 2.27 bits per heavy atom. The second-order valence-corrected chi connectivity index (χ2v) is 5.64. The van der Waals surface area contributed by atoms with E-state index in [4.69, 9.17) is 0 Å². The zero-order valence-electron chi connectivity index (χ0n) is 12.1. The summed E-state index contributed by atoms with van der Waals surface area (Å²) >= 11 is 3.29. The highest BCUT2D eigenvalue weighted by Gasteiger charge is 2.21. The minimum absolute atomic E-state index is 0.0963. The third-order valence-electron chi connectivity index (χ3n) is 3.11. The molecular weight excluding hydrogens is 356 g/mol. The van der Waals surface area contributed by atoms with Gasteiger partial charge in [0.2, 0.25) is 5.91 Å². The van der Waals surface area contributed by atoms with Crippen molar-refractivity contribution in [3.63, 3.8) is 0 Å². The van der Waals surface area contributed by atoms with E-state index in [1.165, 1.54) is 17.8 Å². The molecule has 0 radical (unpaired) electrons. The lowest BCUT2D eigenvalue weighted by atomic mass is 10.3. The van der Waals surface area contributed by atoms with Gasteiger partial charge in [0.1, 0.15) is 17.9 Å². The number of carbonyl (C=O) groups excluding carboxylic acids is 1. The molecule has 1 unspecified atom stereocenters. The predicted molar refractivity (Wildman–Crippen MR) is 81.3 cm³/mol. The van der Waals surface area contributed by atoms with Gasteiger partial charge in [0.05, 0.1) is 22.1 Å². The molecule has 0 fully saturated rings. The van der Waals surface area contributed by atoms with Gasteiger partial charge >= 0.3 is 5.69 Å². The molecule has 0 saturated heterocycles. The molecule has 1 atom stereocenters. The molecule has 2 rings (SSSR count). The van der Waals surface area contributed by atoms with Crippen LogP contribution >= 0.6 is 15.9 Å². The van der Waals surface area contributed by atoms with Gasteiger partial charge in [-0.1, -0.05) is 0 Å². The van der Waals surface area contributed by atoms with Crippen LogP contribution in [0.25, 0.3) is 0 Å². The minimum atomic E-state index is -0.628. The van der Waals surface area contributed by atoms with E-state index in [0.717, 1.165) is 4.47 Å². The fraction of sp³-hybridized carbons (Fsp3) is 0.417. The Morgan fingerprint density at radius 1 is 1.55 bits per heavy atom. The summed E-state index contributed by atoms with van der Waals surface area (Å²) < 4.78 is 3.86. The average Bonchev–Trinajstić information content (AvgIpc) is 3.04. The van der Waals surface area contributed by atoms with Crippen molar-refractivity contribution in [1.29, 1.82) is 0 Å². The Hall–Kier alpha value is -2.23. The maximum Gasteiger partial charge on any atom is 0.309 e. The van der Waals surface area contributed by atoms with E-state index in [-0.39, 0.29) is 17.3 Å². The zero-order chi connectivity index (χ0) is 16.3. The highest BCUT2D eigenvalue weighted by atomic mass is 79.9. The van der Waals surface area contributed by atoms with Crippen LogP contribution in [0.5, 0.6) is 0 Å². The van der Waals surface area contributed by atoms with Gasteiger partial charge in [-0.2, -0.15) is 10.2 Å². The summed E-state index contributed by atoms with van der Waals surface area (Å²) in [4.78, 5) is 22.3. The largest absolute Gasteiger partial charge is 0.352 e. The molecule has 0 aliphatic carbocycles. The molecule has 1 amide bonds. The number of nitrogens with zero attached hydrogens (tertiary/aromatic N) is 5. The van der Waals surface area contributed by atoms with Crippen LogP contribution < -0.4 is 5.32 Å². The van der Waals surface area contributed by atoms with Crippen LogP contribution in [0.1, 0.15) is 18.7 Å². The molecule has 0 aliphatic heterocycles. The van der Waals surface area contributed by atoms with Gasteiger partial charge in [0.25, 0.3) is 0 Å². The standard InChI is InChI=1S/C12H15BrN6O3/c1-8-11(19(21)22)7-18(16-8)9(2)12(20)14-3-4-17-6-10(13)5-15-17/h5-7,9H,3-4H2,1-2H3,(H,14,20). The first-order valence-electron chi connectivity index (χ1n) is 6.54. The molecule has 0 saturated carbocycles. The van der Waals surface area contributed by atoms with Gasteiger partial charge in [0, 0.05) is 12.7 Å². The lowest BCUT2D eigenvalue weighted by Gasteiger charge is -2.12. The van der Waals surface area contributed by atoms with Crippen LogP contribution in [0.2, 0.25) is 0 Å². The molecule has 2 aromatic heterocycles. The van der Waals surface area contributed by atoms with Crippen molar-refractivity contribution in [1.82, 2.24) is 24.9 Å². The maximum absolute atomic E-state index is 12.0. The van der Waals surface area contributed by atoms with Crippen LogP contribution in [0.4, 0.5) is 5.69 Å². The SMILES string of the molecule is Cc1nn(C(C)C(=O)NCCn2cc(Br)cn2)cc1[N+](=O)[O-]. The molecule has 118 valence electrons. The van der Waals surface area contributed by atoms with E-state index < -0.39 is 11.0 Å². The Labute approximate surface area is 134 Å². The molecule has 22 heavy (non-hydrogen) atoms. The maximum atomic E-state index is 12.0. The third-order valence-corrected chi connectivity index (χ3v) is 3.52. The molecule has 2 heterocycles. The summed E-state index contributed by atoms with van der Waals surface area (Å²) in [5.74, 6) is -0.261. The number of aryl methyl sites for hydroxylation is 1. The summed E-state index contributed by atoms with van der Waals surface area (Å²) in [6.45, 7) is 4.10. The van der Waals surface area contributed by atoms with Gasteiger partial charge in [-0.25, -0.2) is 0 Å². The highest BCUT2D eigenvalue weighted by molar-refractivity contribution is 9.10. The van der Waals surface area contributed by atoms with Crippen molar-refractivity contribution < 1.29 is 9.72 Å². The molecule has 0 bridgehead atoms. The number of carbonyl (C=O) groups is 1. The first-order valence-corrected chi connectivity index (χ1v) is 7.33. The minimum Gasteiger partial charge on any atom is -0.352 e. The molecule has 0 spiro atoms. The second kappa shape index (κ2) is 6.69. The number of hydrogen-bond donors (Lipinski definition) is 1. The molecule has 1 N–H and O–H groups in total. The number of aromatic nitrogens is 4. The van der Waals surface area contributed by atoms with Crippen molar-refractivity contribution in [2.45, 2.75) is 26.4 Å². The summed E-state index contributed by atoms with van der Waals surface area (Å²) in [6, 6.07) is -0.628. The average molecular weight is 371 g/mol. The summed E-state index contributed by atoms with van der Waals surface area (Å²) in [5.41, 5.74) is 0.187. The topological polar surface area (TPSA) is 108 Å². The van der Waals surface area contributed by atoms with Crippen molar-refractivity contribution in [3.8, 4) is 0 Å². The number of nitrogens with one attached hydrogen (secondary N) is 1. The monoisotopic (exact) mass is 370 g/mol. The molecule has 0 aliphatic rings. The van der Waals surface area contributed by atoms with Crippen LogP contribution in [0.3, 0.4) is 0 Å². The smallest absolute Gasteiger partial charge is 0.309 e. The molecule has 9 nitrogen and oxygen atoms in total. The number of amides is 1. The number of rotatable bonds is 6. The Morgan fingerprint density at radius 3 is 2.82 bits per heavy atom. The van der Waals surface area contributed by atoms with Crippen LogP contribution in [-0.4, -0.2) is 36.9 Å². The van der Waals surface area contributed by atoms with E-state index in [0.29, 0.717) is 13.1 Å². The second-order valence-electron chi connectivity index (χ2n) is 4.73. The Bertz CT molecular complexity index is 695. The highest BCUT2D eigenvalue weighted by Crippen LogP contribution is 2.18. The zero-order valence-corrected chi connectivity index (χ0v) is 13.6. The van der Waals surface area contributed by atoms with Gasteiger partial charge in [-0.05, 0) is 29.8 Å². The van der Waals surface area contributed by atoms with Crippen LogP contribution in [0, 0.1) is 17.0 Å². The van der Waals surface area contributed by atoms with Crippen molar-refractivity contribution in [2.24, 2.45) is 0 Å². The summed E-state index contributed by atoms with van der Waals surface area (Å²) in [7, 11) is 0. The predicted octanol–water partition coefficient (Wildman–Crippen LogP) is 1.44. The van der Waals surface area contributed by atoms with Crippen molar-refractivity contribution in [2.75, 3.05) is 6.54 Å². The number of nitro groups is 1. The first kappa shape index (κ1) is 16.1. The van der Waals surface area contributed by atoms with Crippen molar-refractivity contribution in [3.05, 3.63) is 38.9 Å². The van der Waals surface area contributed by atoms with E-state index in [2.05, 4.69) is 31.4 Å². The lowest BCUT2D eigenvalue weighted by molar-refractivity contribution is -0.385. The summed E-state index contributed by atoms with van der Waals surface area (Å²) in [5, 5.41) is 21.6. The molecular formula is C12H15BrN6O3. The van der Waals surface area contributed by atoms with Gasteiger partial charge in [-0.3, -0.25) is 24.3 Å². The molecule has 0 aromatic carbocycles. The van der Waals surface area contributed by atoms with E-state index in [9.17, 15) is 14.9 Å². The molecule has 2 aromatic rings. The van der Waals surface area contributed by atoms with Gasteiger partial charge in [-0.15, -0.1) is 0 Å². The fourth-order valence-corrected chi connectivity index (χ4v) is 2.20. The van der Waals surface area contributed by atoms with Crippen LogP contribution in [0.15, 0.2) is 23.1 Å². The van der Waals surface area contributed by atoms with E-state index in [1.807, 2.05) is 0 Å². The summed E-state index contributed by atoms with van der Waals surface area (Å²) in [6.07, 6.45) is 4.73. The third kappa shape index (κ3) is 3.70. The van der Waals surface area contributed by atoms with Crippen LogP contribution in [-0.2, 0) is 11.3 Å². The normalized spacial score (nSPS) is 12.1. The Balaban J connectivity index is 1.91. The first-order chi connectivity index (χ1) is 10.4. The van der Waals surface area contributed by atoms with Gasteiger partial charge < -0.3 is 5.32 Å². The number of halogens is 1. The Kier molecular flexibility index (Phi) is 4.91. The fourth-order valence-electron chi connectivity index (χ4n) is 1.87. The van der Waals surface area contributed by atoms with Crippen molar-refractivity contribution >= 4 is 27.5 Å². The number of hydrogen-bond acceptors (Lipinski definition) is 5. The lowest BCUT2D eigenvalue weighted by Crippen LogP contribution is -2.33. The van der Waals surface area contributed by atoms with Gasteiger partial charge in [0.15, 0.2) is 0 Å².